The van der Waals surface area contributed by atoms with Crippen LogP contribution in [0, 0.1) is 11.6 Å². The van der Waals surface area contributed by atoms with E-state index in [0.717, 1.165) is 6.07 Å². The van der Waals surface area contributed by atoms with Crippen LogP contribution in [0.15, 0.2) is 22.9 Å². The van der Waals surface area contributed by atoms with Gasteiger partial charge >= 0.3 is 0 Å². The van der Waals surface area contributed by atoms with Crippen LogP contribution in [0.4, 0.5) is 8.78 Å². The van der Waals surface area contributed by atoms with E-state index in [2.05, 4.69) is 26.0 Å². The molecule has 0 aliphatic heterocycles. The Hall–Kier alpha value is -1.30. The Kier molecular flexibility index (Phi) is 3.51. The second-order valence-electron chi connectivity index (χ2n) is 3.57. The monoisotopic (exact) mass is 301 g/mol. The van der Waals surface area contributed by atoms with Crippen molar-refractivity contribution in [2.45, 2.75) is 19.9 Å². The lowest BCUT2D eigenvalue weighted by atomic mass is 10.1. The highest BCUT2D eigenvalue weighted by molar-refractivity contribution is 9.10. The number of hydrogen-bond donors (Lipinski definition) is 0. The molecular weight excluding hydrogens is 292 g/mol. The molecule has 1 aromatic carbocycles. The summed E-state index contributed by atoms with van der Waals surface area (Å²) in [6, 6.07) is 3.45. The molecule has 0 aliphatic carbocycles. The number of hydrogen-bond acceptors (Lipinski definition) is 2. The first-order valence-electron chi connectivity index (χ1n) is 5.12. The van der Waals surface area contributed by atoms with Crippen molar-refractivity contribution in [3.63, 3.8) is 0 Å². The van der Waals surface area contributed by atoms with Gasteiger partial charge in [0.1, 0.15) is 17.5 Å². The average molecular weight is 302 g/mol. The highest BCUT2D eigenvalue weighted by atomic mass is 79.9. The molecule has 2 aromatic rings. The van der Waals surface area contributed by atoms with Crippen LogP contribution < -0.4 is 0 Å². The molecule has 0 saturated heterocycles. The summed E-state index contributed by atoms with van der Waals surface area (Å²) in [4.78, 5) is 4.16. The van der Waals surface area contributed by atoms with Gasteiger partial charge in [-0.1, -0.05) is 0 Å². The second kappa shape index (κ2) is 4.91. The van der Waals surface area contributed by atoms with Gasteiger partial charge in [-0.25, -0.2) is 18.4 Å². The summed E-state index contributed by atoms with van der Waals surface area (Å²) in [6.45, 7) is 2.59. The average Bonchev–Trinajstić information content (AvgIpc) is 2.57. The first kappa shape index (κ1) is 12.2. The number of nitrogens with zero attached hydrogens (tertiary/aromatic N) is 3. The second-order valence-corrected chi connectivity index (χ2v) is 4.28. The van der Waals surface area contributed by atoms with Gasteiger partial charge < -0.3 is 0 Å². The number of halogens is 3. The van der Waals surface area contributed by atoms with Crippen molar-refractivity contribution >= 4 is 15.9 Å². The van der Waals surface area contributed by atoms with Gasteiger partial charge in [-0.05, 0) is 40.5 Å². The number of benzene rings is 1. The smallest absolute Gasteiger partial charge is 0.217 e. The van der Waals surface area contributed by atoms with E-state index in [-0.39, 0.29) is 0 Å². The van der Waals surface area contributed by atoms with Gasteiger partial charge in [-0.2, -0.15) is 0 Å². The Balaban J connectivity index is 2.30. The molecule has 90 valence electrons. The summed E-state index contributed by atoms with van der Waals surface area (Å²) in [5.41, 5.74) is 0.539. The highest BCUT2D eigenvalue weighted by Gasteiger charge is 2.09. The van der Waals surface area contributed by atoms with Crippen LogP contribution in [0.2, 0.25) is 0 Å². The third kappa shape index (κ3) is 2.88. The minimum atomic E-state index is -0.582. The zero-order valence-corrected chi connectivity index (χ0v) is 10.7. The lowest BCUT2D eigenvalue weighted by Gasteiger charge is -2.03. The van der Waals surface area contributed by atoms with Gasteiger partial charge in [0, 0.05) is 19.0 Å². The fraction of sp³-hybridized carbons (Fsp3) is 0.273. The van der Waals surface area contributed by atoms with E-state index in [1.54, 1.807) is 4.68 Å². The molecule has 3 nitrogen and oxygen atoms in total. The van der Waals surface area contributed by atoms with E-state index < -0.39 is 11.6 Å². The van der Waals surface area contributed by atoms with Crippen molar-refractivity contribution in [1.29, 1.82) is 0 Å². The molecule has 0 atom stereocenters. The Morgan fingerprint density at radius 3 is 2.47 bits per heavy atom. The van der Waals surface area contributed by atoms with Crippen LogP contribution in [-0.2, 0) is 13.0 Å². The van der Waals surface area contributed by atoms with Crippen molar-refractivity contribution in [2.24, 2.45) is 0 Å². The summed E-state index contributed by atoms with van der Waals surface area (Å²) < 4.78 is 28.2. The predicted octanol–water partition coefficient (Wildman–Crippen LogP) is 2.93. The molecule has 0 N–H and O–H groups in total. The molecule has 0 amide bonds. The Morgan fingerprint density at radius 1 is 1.24 bits per heavy atom. The van der Waals surface area contributed by atoms with Gasteiger partial charge in [0.15, 0.2) is 0 Å². The Morgan fingerprint density at radius 2 is 1.88 bits per heavy atom. The molecule has 1 aromatic heterocycles. The molecule has 1 heterocycles. The molecule has 0 bridgehead atoms. The molecule has 0 spiro atoms. The molecule has 2 rings (SSSR count). The van der Waals surface area contributed by atoms with Crippen LogP contribution in [0.5, 0.6) is 0 Å². The number of aromatic nitrogens is 3. The zero-order chi connectivity index (χ0) is 12.4. The van der Waals surface area contributed by atoms with Crippen LogP contribution >= 0.6 is 15.9 Å². The topological polar surface area (TPSA) is 30.7 Å². The third-order valence-electron chi connectivity index (χ3n) is 2.31. The molecule has 0 radical (unpaired) electrons. The predicted molar refractivity (Wildman–Crippen MR) is 62.6 cm³/mol. The van der Waals surface area contributed by atoms with Gasteiger partial charge in [0.25, 0.3) is 0 Å². The fourth-order valence-electron chi connectivity index (χ4n) is 1.62. The molecule has 0 aliphatic rings. The summed E-state index contributed by atoms with van der Waals surface area (Å²) in [5.74, 6) is -0.493. The lowest BCUT2D eigenvalue weighted by Crippen LogP contribution is -2.04. The van der Waals surface area contributed by atoms with Crippen molar-refractivity contribution in [3.05, 3.63) is 46.0 Å². The van der Waals surface area contributed by atoms with Gasteiger partial charge in [-0.15, -0.1) is 5.10 Å². The summed E-state index contributed by atoms with van der Waals surface area (Å²) >= 11 is 3.17. The van der Waals surface area contributed by atoms with Gasteiger partial charge in [0.05, 0.1) is 0 Å². The SMILES string of the molecule is CCn1nc(Br)nc1Cc1cc(F)cc(F)c1. The van der Waals surface area contributed by atoms with Crippen LogP contribution in [-0.4, -0.2) is 14.8 Å². The molecule has 0 unspecified atom stereocenters. The first-order chi connectivity index (χ1) is 8.08. The van der Waals surface area contributed by atoms with Crippen LogP contribution in [0.1, 0.15) is 18.3 Å². The summed E-state index contributed by atoms with van der Waals surface area (Å²) in [7, 11) is 0. The maximum atomic E-state index is 13.0. The fourth-order valence-corrected chi connectivity index (χ4v) is 2.02. The quantitative estimate of drug-likeness (QED) is 0.873. The van der Waals surface area contributed by atoms with Crippen LogP contribution in [0.3, 0.4) is 0 Å². The minimum Gasteiger partial charge on any atom is -0.249 e. The maximum Gasteiger partial charge on any atom is 0.217 e. The zero-order valence-electron chi connectivity index (χ0n) is 9.12. The van der Waals surface area contributed by atoms with E-state index in [1.807, 2.05) is 6.92 Å². The molecule has 17 heavy (non-hydrogen) atoms. The summed E-state index contributed by atoms with van der Waals surface area (Å²) in [5, 5.41) is 4.10. The standard InChI is InChI=1S/C11H10BrF2N3/c1-2-17-10(15-11(12)16-17)5-7-3-8(13)6-9(14)4-7/h3-4,6H,2,5H2,1H3. The van der Waals surface area contributed by atoms with Crippen molar-refractivity contribution in [1.82, 2.24) is 14.8 Å². The minimum absolute atomic E-state index is 0.348. The highest BCUT2D eigenvalue weighted by Crippen LogP contribution is 2.14. The normalized spacial score (nSPS) is 10.8. The van der Waals surface area contributed by atoms with E-state index in [1.165, 1.54) is 12.1 Å². The Labute approximate surface area is 106 Å². The van der Waals surface area contributed by atoms with Gasteiger partial charge in [0.2, 0.25) is 4.73 Å². The van der Waals surface area contributed by atoms with Crippen molar-refractivity contribution in [2.75, 3.05) is 0 Å². The molecular formula is C11H10BrF2N3. The molecule has 0 saturated carbocycles. The first-order valence-corrected chi connectivity index (χ1v) is 5.92. The lowest BCUT2D eigenvalue weighted by molar-refractivity contribution is 0.578. The Bertz CT molecular complexity index is 519. The number of aryl methyl sites for hydroxylation is 1. The number of rotatable bonds is 3. The third-order valence-corrected chi connectivity index (χ3v) is 2.64. The van der Waals surface area contributed by atoms with Crippen molar-refractivity contribution < 1.29 is 8.78 Å². The largest absolute Gasteiger partial charge is 0.249 e. The van der Waals surface area contributed by atoms with Crippen molar-refractivity contribution in [3.8, 4) is 0 Å². The summed E-state index contributed by atoms with van der Waals surface area (Å²) in [6.07, 6.45) is 0.348. The molecule has 0 fully saturated rings. The van der Waals surface area contributed by atoms with Crippen LogP contribution in [0.25, 0.3) is 0 Å². The van der Waals surface area contributed by atoms with E-state index in [9.17, 15) is 8.78 Å². The maximum absolute atomic E-state index is 13.0. The molecule has 6 heteroatoms. The van der Waals surface area contributed by atoms with E-state index in [0.29, 0.717) is 29.1 Å². The van der Waals surface area contributed by atoms with E-state index >= 15 is 0 Å². The van der Waals surface area contributed by atoms with Gasteiger partial charge in [-0.3, -0.25) is 0 Å². The van der Waals surface area contributed by atoms with E-state index in [4.69, 9.17) is 0 Å².